The monoisotopic (exact) mass is 356 g/mol. The minimum atomic E-state index is 0.173. The molecule has 0 amide bonds. The molecule has 0 fully saturated rings. The van der Waals surface area contributed by atoms with Gasteiger partial charge in [-0.3, -0.25) is 0 Å². The van der Waals surface area contributed by atoms with Crippen LogP contribution in [-0.4, -0.2) is 0 Å². The number of allylic oxidation sites excluding steroid dienone is 1. The number of hydrogen-bond donors (Lipinski definition) is 0. The molecule has 0 bridgehead atoms. The average molecular weight is 357 g/mol. The van der Waals surface area contributed by atoms with Crippen LogP contribution in [0.25, 0.3) is 22.8 Å². The number of benzene rings is 2. The van der Waals surface area contributed by atoms with Crippen molar-refractivity contribution in [3.63, 3.8) is 0 Å². The summed E-state index contributed by atoms with van der Waals surface area (Å²) in [4.78, 5) is 0. The molecule has 0 spiro atoms. The molecule has 1 heterocycles. The number of furan rings is 1. The second-order valence-corrected chi connectivity index (χ2v) is 8.85. The Morgan fingerprint density at radius 1 is 0.889 bits per heavy atom. The molecule has 2 aromatic carbocycles. The Labute approximate surface area is 162 Å². The second kappa shape index (κ2) is 6.27. The van der Waals surface area contributed by atoms with Crippen molar-refractivity contribution in [2.45, 2.75) is 53.4 Å². The Morgan fingerprint density at radius 3 is 2.19 bits per heavy atom. The topological polar surface area (TPSA) is 13.1 Å². The first-order valence-electron chi connectivity index (χ1n) is 9.75. The molecule has 1 aliphatic carbocycles. The quantitative estimate of drug-likeness (QED) is 0.471. The standard InChI is InChI=1S/C26H28O/c1-16-13-20-14-21(24-12-7-17(2)27-24)15-23(20)25(18(16)3)19-8-10-22(11-9-19)26(4,5)6/h7-13,15H,14H2,1-6H3. The SMILES string of the molecule is Cc1ccc(C2=Cc3c(cc(C)c(C)c3-c3ccc(C(C)(C)C)cc3)C2)o1. The Hall–Kier alpha value is -2.54. The van der Waals surface area contributed by atoms with Crippen LogP contribution in [0, 0.1) is 20.8 Å². The normalized spacial score (nSPS) is 13.6. The fourth-order valence-electron chi connectivity index (χ4n) is 4.02. The molecule has 0 N–H and O–H groups in total. The Kier molecular flexibility index (Phi) is 4.14. The smallest absolute Gasteiger partial charge is 0.130 e. The number of rotatable bonds is 2. The molecule has 138 valence electrons. The van der Waals surface area contributed by atoms with Crippen molar-refractivity contribution < 1.29 is 4.42 Å². The van der Waals surface area contributed by atoms with Gasteiger partial charge in [0.25, 0.3) is 0 Å². The van der Waals surface area contributed by atoms with E-state index >= 15 is 0 Å². The zero-order chi connectivity index (χ0) is 19.3. The van der Waals surface area contributed by atoms with Crippen LogP contribution >= 0.6 is 0 Å². The van der Waals surface area contributed by atoms with Crippen LogP contribution in [0.3, 0.4) is 0 Å². The van der Waals surface area contributed by atoms with Gasteiger partial charge in [0, 0.05) is 6.42 Å². The molecule has 0 unspecified atom stereocenters. The number of hydrogen-bond acceptors (Lipinski definition) is 1. The summed E-state index contributed by atoms with van der Waals surface area (Å²) in [6, 6.07) is 15.6. The lowest BCUT2D eigenvalue weighted by atomic mass is 9.84. The molecule has 1 aromatic heterocycles. The molecule has 0 saturated heterocycles. The Balaban J connectivity index is 1.84. The fraction of sp³-hybridized carbons (Fsp3) is 0.308. The number of fused-ring (bicyclic) bond motifs is 1. The van der Waals surface area contributed by atoms with Gasteiger partial charge in [-0.15, -0.1) is 0 Å². The van der Waals surface area contributed by atoms with E-state index < -0.39 is 0 Å². The predicted octanol–water partition coefficient (Wildman–Crippen LogP) is 7.27. The van der Waals surface area contributed by atoms with Crippen LogP contribution in [0.1, 0.15) is 60.1 Å². The summed E-state index contributed by atoms with van der Waals surface area (Å²) >= 11 is 0. The van der Waals surface area contributed by atoms with Gasteiger partial charge in [0.15, 0.2) is 0 Å². The van der Waals surface area contributed by atoms with E-state index in [9.17, 15) is 0 Å². The zero-order valence-corrected chi connectivity index (χ0v) is 17.2. The van der Waals surface area contributed by atoms with Crippen LogP contribution in [0.15, 0.2) is 46.9 Å². The molecular weight excluding hydrogens is 328 g/mol. The van der Waals surface area contributed by atoms with Gasteiger partial charge in [0.05, 0.1) is 0 Å². The van der Waals surface area contributed by atoms with E-state index in [-0.39, 0.29) is 5.41 Å². The third-order valence-corrected chi connectivity index (χ3v) is 5.77. The lowest BCUT2D eigenvalue weighted by Crippen LogP contribution is -2.10. The predicted molar refractivity (Wildman–Crippen MR) is 115 cm³/mol. The first-order valence-corrected chi connectivity index (χ1v) is 9.75. The van der Waals surface area contributed by atoms with Crippen molar-refractivity contribution in [1.29, 1.82) is 0 Å². The van der Waals surface area contributed by atoms with Gasteiger partial charge < -0.3 is 4.42 Å². The van der Waals surface area contributed by atoms with Crippen LogP contribution in [0.4, 0.5) is 0 Å². The molecule has 1 heteroatoms. The molecule has 0 aliphatic heterocycles. The van der Waals surface area contributed by atoms with Crippen molar-refractivity contribution in [1.82, 2.24) is 0 Å². The highest BCUT2D eigenvalue weighted by Gasteiger charge is 2.22. The summed E-state index contributed by atoms with van der Waals surface area (Å²) in [6.45, 7) is 13.2. The third kappa shape index (κ3) is 3.16. The highest BCUT2D eigenvalue weighted by molar-refractivity contribution is 5.94. The van der Waals surface area contributed by atoms with Crippen LogP contribution < -0.4 is 0 Å². The molecule has 27 heavy (non-hydrogen) atoms. The third-order valence-electron chi connectivity index (χ3n) is 5.77. The highest BCUT2D eigenvalue weighted by Crippen LogP contribution is 2.41. The minimum absolute atomic E-state index is 0.173. The molecule has 0 radical (unpaired) electrons. The molecule has 1 nitrogen and oxygen atoms in total. The van der Waals surface area contributed by atoms with Gasteiger partial charge in [-0.05, 0) is 88.9 Å². The van der Waals surface area contributed by atoms with E-state index in [1.165, 1.54) is 44.5 Å². The summed E-state index contributed by atoms with van der Waals surface area (Å²) < 4.78 is 5.89. The maximum Gasteiger partial charge on any atom is 0.130 e. The Morgan fingerprint density at radius 2 is 1.59 bits per heavy atom. The molecule has 4 rings (SSSR count). The lowest BCUT2D eigenvalue weighted by Gasteiger charge is -2.20. The highest BCUT2D eigenvalue weighted by atomic mass is 16.3. The van der Waals surface area contributed by atoms with E-state index in [1.807, 2.05) is 13.0 Å². The minimum Gasteiger partial charge on any atom is -0.462 e. The van der Waals surface area contributed by atoms with Gasteiger partial charge in [-0.1, -0.05) is 51.1 Å². The summed E-state index contributed by atoms with van der Waals surface area (Å²) in [5.74, 6) is 1.96. The van der Waals surface area contributed by atoms with Gasteiger partial charge in [-0.25, -0.2) is 0 Å². The Bertz CT molecular complexity index is 1040. The van der Waals surface area contributed by atoms with Crippen molar-refractivity contribution >= 4 is 11.6 Å². The maximum absolute atomic E-state index is 5.89. The van der Waals surface area contributed by atoms with Crippen molar-refractivity contribution in [3.8, 4) is 11.1 Å². The van der Waals surface area contributed by atoms with E-state index in [4.69, 9.17) is 4.42 Å². The lowest BCUT2D eigenvalue weighted by molar-refractivity contribution is 0.521. The van der Waals surface area contributed by atoms with E-state index in [0.717, 1.165) is 17.9 Å². The van der Waals surface area contributed by atoms with E-state index in [0.29, 0.717) is 0 Å². The van der Waals surface area contributed by atoms with Crippen LogP contribution in [-0.2, 0) is 11.8 Å². The summed E-state index contributed by atoms with van der Waals surface area (Å²) in [6.07, 6.45) is 3.27. The van der Waals surface area contributed by atoms with Crippen molar-refractivity contribution in [2.24, 2.45) is 0 Å². The zero-order valence-electron chi connectivity index (χ0n) is 17.2. The first kappa shape index (κ1) is 17.9. The summed E-state index contributed by atoms with van der Waals surface area (Å²) in [5, 5.41) is 0. The molecule has 3 aromatic rings. The average Bonchev–Trinajstić information content (AvgIpc) is 3.21. The van der Waals surface area contributed by atoms with Crippen molar-refractivity contribution in [2.75, 3.05) is 0 Å². The molecule has 0 saturated carbocycles. The maximum atomic E-state index is 5.89. The molecular formula is C26H28O. The van der Waals surface area contributed by atoms with E-state index in [1.54, 1.807) is 0 Å². The second-order valence-electron chi connectivity index (χ2n) is 8.85. The largest absolute Gasteiger partial charge is 0.462 e. The number of aryl methyl sites for hydroxylation is 2. The van der Waals surface area contributed by atoms with E-state index in [2.05, 4.69) is 77.1 Å². The molecule has 1 aliphatic rings. The fourth-order valence-corrected chi connectivity index (χ4v) is 4.02. The van der Waals surface area contributed by atoms with Crippen LogP contribution in [0.2, 0.25) is 0 Å². The van der Waals surface area contributed by atoms with Crippen LogP contribution in [0.5, 0.6) is 0 Å². The van der Waals surface area contributed by atoms with Crippen molar-refractivity contribution in [3.05, 3.63) is 81.8 Å². The van der Waals surface area contributed by atoms with Gasteiger partial charge >= 0.3 is 0 Å². The van der Waals surface area contributed by atoms with Gasteiger partial charge in [0.1, 0.15) is 11.5 Å². The van der Waals surface area contributed by atoms with Gasteiger partial charge in [-0.2, -0.15) is 0 Å². The summed E-state index contributed by atoms with van der Waals surface area (Å²) in [5.41, 5.74) is 11.0. The van der Waals surface area contributed by atoms with Gasteiger partial charge in [0.2, 0.25) is 0 Å². The first-order chi connectivity index (χ1) is 12.7. The summed E-state index contributed by atoms with van der Waals surface area (Å²) in [7, 11) is 0. The molecule has 0 atom stereocenters.